The van der Waals surface area contributed by atoms with Crippen molar-refractivity contribution < 1.29 is 9.47 Å². The quantitative estimate of drug-likeness (QED) is 0.464. The number of hydrogen-bond donors (Lipinski definition) is 1. The third-order valence-corrected chi connectivity index (χ3v) is 4.94. The van der Waals surface area contributed by atoms with E-state index in [2.05, 4.69) is 9.97 Å². The van der Waals surface area contributed by atoms with Crippen molar-refractivity contribution in [1.29, 1.82) is 5.26 Å². The summed E-state index contributed by atoms with van der Waals surface area (Å²) < 4.78 is 11.7. The lowest BCUT2D eigenvalue weighted by Gasteiger charge is -2.14. The number of aromatic nitrogens is 2. The molecule has 0 saturated carbocycles. The lowest BCUT2D eigenvalue weighted by atomic mass is 10.1. The summed E-state index contributed by atoms with van der Waals surface area (Å²) in [6.45, 7) is 4.79. The third kappa shape index (κ3) is 4.61. The van der Waals surface area contributed by atoms with Gasteiger partial charge >= 0.3 is 0 Å². The van der Waals surface area contributed by atoms with Crippen molar-refractivity contribution in [3.63, 3.8) is 0 Å². The Hall–Kier alpha value is -3.24. The summed E-state index contributed by atoms with van der Waals surface area (Å²) in [6.07, 6.45) is 1.81. The topological polar surface area (TPSA) is 88.0 Å². The van der Waals surface area contributed by atoms with Crippen LogP contribution in [0.15, 0.2) is 52.4 Å². The number of nitrogens with one attached hydrogen (secondary N) is 1. The summed E-state index contributed by atoms with van der Waals surface area (Å²) in [5.41, 5.74) is 2.70. The van der Waals surface area contributed by atoms with Crippen LogP contribution in [0.2, 0.25) is 0 Å². The van der Waals surface area contributed by atoms with E-state index in [1.807, 2.05) is 50.4 Å². The predicted octanol–water partition coefficient (Wildman–Crippen LogP) is 4.32. The fraction of sp³-hybridized carbons (Fsp3) is 0.227. The first-order chi connectivity index (χ1) is 14.1. The Morgan fingerprint density at radius 1 is 1.17 bits per heavy atom. The molecule has 0 atom stereocenters. The molecule has 3 aromatic rings. The molecule has 0 saturated heterocycles. The summed E-state index contributed by atoms with van der Waals surface area (Å²) in [7, 11) is 0. The van der Waals surface area contributed by atoms with Crippen molar-refractivity contribution in [2.45, 2.75) is 25.6 Å². The van der Waals surface area contributed by atoms with Crippen molar-refractivity contribution >= 4 is 11.8 Å². The first-order valence-corrected chi connectivity index (χ1v) is 10.3. The standard InChI is InChI=1S/C22H21N3O3S/c1-4-27-19-11-15(20-17(12-23)21(26)25-22(24-20)29-3)9-10-18(19)28-13-16-8-6-5-7-14(16)2/h5-11H,4,13H2,1-3H3,(H,24,25,26). The zero-order chi connectivity index (χ0) is 20.8. The number of aryl methyl sites for hydroxylation is 1. The normalized spacial score (nSPS) is 10.4. The molecular weight excluding hydrogens is 386 g/mol. The SMILES string of the molecule is CCOc1cc(-c2nc(SC)[nH]c(=O)c2C#N)ccc1OCc1ccccc1C. The van der Waals surface area contributed by atoms with Gasteiger partial charge in [0.15, 0.2) is 16.7 Å². The van der Waals surface area contributed by atoms with Gasteiger partial charge in [0.1, 0.15) is 18.2 Å². The van der Waals surface area contributed by atoms with E-state index < -0.39 is 5.56 Å². The number of aromatic amines is 1. The summed E-state index contributed by atoms with van der Waals surface area (Å²) >= 11 is 1.30. The van der Waals surface area contributed by atoms with Crippen LogP contribution in [0.1, 0.15) is 23.6 Å². The lowest BCUT2D eigenvalue weighted by Crippen LogP contribution is -2.14. The van der Waals surface area contributed by atoms with Crippen molar-refractivity contribution in [2.24, 2.45) is 0 Å². The zero-order valence-corrected chi connectivity index (χ0v) is 17.3. The summed E-state index contributed by atoms with van der Waals surface area (Å²) in [4.78, 5) is 19.2. The molecule has 0 aliphatic rings. The Morgan fingerprint density at radius 3 is 2.66 bits per heavy atom. The molecule has 3 rings (SSSR count). The van der Waals surface area contributed by atoms with Crippen molar-refractivity contribution in [3.8, 4) is 28.8 Å². The van der Waals surface area contributed by atoms with Gasteiger partial charge < -0.3 is 14.5 Å². The molecular formula is C22H21N3O3S. The van der Waals surface area contributed by atoms with Crippen LogP contribution in [-0.4, -0.2) is 22.8 Å². The molecule has 0 fully saturated rings. The largest absolute Gasteiger partial charge is 0.490 e. The van der Waals surface area contributed by atoms with E-state index in [1.165, 1.54) is 11.8 Å². The van der Waals surface area contributed by atoms with Crippen molar-refractivity contribution in [3.05, 3.63) is 69.5 Å². The molecule has 0 radical (unpaired) electrons. The van der Waals surface area contributed by atoms with Crippen LogP contribution < -0.4 is 15.0 Å². The van der Waals surface area contributed by atoms with Crippen molar-refractivity contribution in [1.82, 2.24) is 9.97 Å². The maximum absolute atomic E-state index is 12.2. The van der Waals surface area contributed by atoms with Gasteiger partial charge in [0.25, 0.3) is 5.56 Å². The Kier molecular flexibility index (Phi) is 6.57. The highest BCUT2D eigenvalue weighted by Crippen LogP contribution is 2.34. The Balaban J connectivity index is 1.99. The fourth-order valence-corrected chi connectivity index (χ4v) is 3.21. The number of rotatable bonds is 7. The molecule has 2 aromatic carbocycles. The van der Waals surface area contributed by atoms with Gasteiger partial charge in [0, 0.05) is 5.56 Å². The minimum Gasteiger partial charge on any atom is -0.490 e. The molecule has 1 N–H and O–H groups in total. The number of benzene rings is 2. The van der Waals surface area contributed by atoms with Gasteiger partial charge in [-0.05, 0) is 49.4 Å². The highest BCUT2D eigenvalue weighted by molar-refractivity contribution is 7.98. The van der Waals surface area contributed by atoms with E-state index >= 15 is 0 Å². The van der Waals surface area contributed by atoms with Crippen LogP contribution in [0.25, 0.3) is 11.3 Å². The molecule has 0 aliphatic carbocycles. The van der Waals surface area contributed by atoms with Gasteiger partial charge in [-0.1, -0.05) is 36.0 Å². The van der Waals surface area contributed by atoms with Crippen LogP contribution in [0, 0.1) is 18.3 Å². The number of ether oxygens (including phenoxy) is 2. The number of nitriles is 1. The van der Waals surface area contributed by atoms with E-state index in [-0.39, 0.29) is 5.56 Å². The van der Waals surface area contributed by atoms with E-state index in [9.17, 15) is 10.1 Å². The minimum atomic E-state index is -0.459. The Morgan fingerprint density at radius 2 is 1.97 bits per heavy atom. The second kappa shape index (κ2) is 9.30. The molecule has 0 unspecified atom stereocenters. The first-order valence-electron chi connectivity index (χ1n) is 9.10. The summed E-state index contributed by atoms with van der Waals surface area (Å²) in [5.74, 6) is 1.13. The van der Waals surface area contributed by atoms with Gasteiger partial charge in [-0.15, -0.1) is 0 Å². The average Bonchev–Trinajstić information content (AvgIpc) is 2.73. The third-order valence-electron chi connectivity index (χ3n) is 4.36. The molecule has 0 amide bonds. The average molecular weight is 407 g/mol. The van der Waals surface area contributed by atoms with Gasteiger partial charge in [-0.3, -0.25) is 4.79 Å². The number of H-pyrrole nitrogens is 1. The number of nitrogens with zero attached hydrogens (tertiary/aromatic N) is 2. The molecule has 0 bridgehead atoms. The van der Waals surface area contributed by atoms with Crippen LogP contribution in [-0.2, 0) is 6.61 Å². The van der Waals surface area contributed by atoms with Gasteiger partial charge in [-0.2, -0.15) is 5.26 Å². The van der Waals surface area contributed by atoms with E-state index in [0.29, 0.717) is 41.1 Å². The van der Waals surface area contributed by atoms with Crippen LogP contribution in [0.4, 0.5) is 0 Å². The van der Waals surface area contributed by atoms with Crippen LogP contribution in [0.5, 0.6) is 11.5 Å². The van der Waals surface area contributed by atoms with Gasteiger partial charge in [0.05, 0.1) is 12.3 Å². The molecule has 29 heavy (non-hydrogen) atoms. The van der Waals surface area contributed by atoms with Gasteiger partial charge in [0.2, 0.25) is 0 Å². The Bertz CT molecular complexity index is 1120. The zero-order valence-electron chi connectivity index (χ0n) is 16.5. The molecule has 7 heteroatoms. The molecule has 0 aliphatic heterocycles. The molecule has 1 heterocycles. The monoisotopic (exact) mass is 407 g/mol. The second-order valence-corrected chi connectivity index (χ2v) is 7.02. The molecule has 1 aromatic heterocycles. The van der Waals surface area contributed by atoms with Crippen molar-refractivity contribution in [2.75, 3.05) is 12.9 Å². The van der Waals surface area contributed by atoms with E-state index in [0.717, 1.165) is 11.1 Å². The highest BCUT2D eigenvalue weighted by Gasteiger charge is 2.16. The number of thioether (sulfide) groups is 1. The predicted molar refractivity (Wildman–Crippen MR) is 113 cm³/mol. The van der Waals surface area contributed by atoms with E-state index in [1.54, 1.807) is 18.2 Å². The maximum Gasteiger partial charge on any atom is 0.270 e. The fourth-order valence-electron chi connectivity index (χ4n) is 2.83. The van der Waals surface area contributed by atoms with E-state index in [4.69, 9.17) is 9.47 Å². The van der Waals surface area contributed by atoms with Crippen LogP contribution in [0.3, 0.4) is 0 Å². The summed E-state index contributed by atoms with van der Waals surface area (Å²) in [6, 6.07) is 15.3. The number of hydrogen-bond acceptors (Lipinski definition) is 6. The van der Waals surface area contributed by atoms with Gasteiger partial charge in [-0.25, -0.2) is 4.98 Å². The Labute approximate surface area is 173 Å². The minimum absolute atomic E-state index is 0.0289. The highest BCUT2D eigenvalue weighted by atomic mass is 32.2. The molecule has 6 nitrogen and oxygen atoms in total. The van der Waals surface area contributed by atoms with Crippen LogP contribution >= 0.6 is 11.8 Å². The maximum atomic E-state index is 12.2. The molecule has 0 spiro atoms. The molecule has 148 valence electrons. The first kappa shape index (κ1) is 20.5. The smallest absolute Gasteiger partial charge is 0.270 e. The summed E-state index contributed by atoms with van der Waals surface area (Å²) in [5, 5.41) is 9.86. The second-order valence-electron chi connectivity index (χ2n) is 6.22. The lowest BCUT2D eigenvalue weighted by molar-refractivity contribution is 0.269.